The number of nitrogens with one attached hydrogen (secondary N) is 1. The Hall–Kier alpha value is -1.44. The van der Waals surface area contributed by atoms with Crippen molar-refractivity contribution in [3.8, 4) is 6.07 Å². The van der Waals surface area contributed by atoms with E-state index in [1.165, 1.54) is 12.8 Å². The summed E-state index contributed by atoms with van der Waals surface area (Å²) in [6.07, 6.45) is 4.03. The highest BCUT2D eigenvalue weighted by Gasteiger charge is 2.13. The molecule has 4 heteroatoms. The van der Waals surface area contributed by atoms with E-state index in [-0.39, 0.29) is 0 Å². The number of aromatic nitrogens is 1. The Bertz CT molecular complexity index is 380. The van der Waals surface area contributed by atoms with Crippen molar-refractivity contribution >= 4 is 0 Å². The van der Waals surface area contributed by atoms with Gasteiger partial charge in [0.1, 0.15) is 11.8 Å². The third-order valence-electron chi connectivity index (χ3n) is 2.74. The lowest BCUT2D eigenvalue weighted by atomic mass is 10.2. The van der Waals surface area contributed by atoms with Crippen LogP contribution in [0.4, 0.5) is 0 Å². The average Bonchev–Trinajstić information content (AvgIpc) is 2.83. The van der Waals surface area contributed by atoms with E-state index in [1.807, 2.05) is 12.1 Å². The first-order valence-electron chi connectivity index (χ1n) is 5.55. The Morgan fingerprint density at radius 3 is 3.31 bits per heavy atom. The monoisotopic (exact) mass is 217 g/mol. The minimum absolute atomic E-state index is 0.460. The van der Waals surface area contributed by atoms with Crippen LogP contribution in [0.2, 0.25) is 0 Å². The summed E-state index contributed by atoms with van der Waals surface area (Å²) in [5.41, 5.74) is 1.32. The summed E-state index contributed by atoms with van der Waals surface area (Å²) in [7, 11) is 0. The maximum absolute atomic E-state index is 8.85. The Labute approximate surface area is 95.3 Å². The van der Waals surface area contributed by atoms with Crippen molar-refractivity contribution in [2.24, 2.45) is 0 Å². The zero-order valence-corrected chi connectivity index (χ0v) is 9.15. The van der Waals surface area contributed by atoms with Gasteiger partial charge in [-0.15, -0.1) is 0 Å². The molecular formula is C12H15N3O. The molecule has 1 aromatic rings. The number of hydrogen-bond acceptors (Lipinski definition) is 4. The van der Waals surface area contributed by atoms with Crippen LogP contribution < -0.4 is 5.32 Å². The van der Waals surface area contributed by atoms with E-state index in [0.717, 1.165) is 12.1 Å². The first-order valence-corrected chi connectivity index (χ1v) is 5.55. The summed E-state index contributed by atoms with van der Waals surface area (Å²) in [5, 5.41) is 12.2. The highest BCUT2D eigenvalue weighted by molar-refractivity contribution is 5.29. The quantitative estimate of drug-likeness (QED) is 0.824. The average molecular weight is 217 g/mol. The summed E-state index contributed by atoms with van der Waals surface area (Å²) in [5.74, 6) is 0. The van der Waals surface area contributed by atoms with E-state index in [9.17, 15) is 0 Å². The molecule has 1 N–H and O–H groups in total. The van der Waals surface area contributed by atoms with E-state index >= 15 is 0 Å². The molecule has 1 fully saturated rings. The molecule has 1 aromatic heterocycles. The lowest BCUT2D eigenvalue weighted by Gasteiger charge is -2.10. The largest absolute Gasteiger partial charge is 0.375 e. The van der Waals surface area contributed by atoms with Crippen molar-refractivity contribution < 1.29 is 4.74 Å². The fraction of sp³-hybridized carbons (Fsp3) is 0.500. The molecule has 0 aromatic carbocycles. The maximum atomic E-state index is 8.85. The van der Waals surface area contributed by atoms with Gasteiger partial charge < -0.3 is 10.1 Å². The third-order valence-corrected chi connectivity index (χ3v) is 2.74. The van der Waals surface area contributed by atoms with Crippen LogP contribution in [-0.2, 0) is 11.3 Å². The van der Waals surface area contributed by atoms with Crippen LogP contribution in [-0.4, -0.2) is 24.2 Å². The fourth-order valence-electron chi connectivity index (χ4n) is 1.87. The smallest absolute Gasteiger partial charge is 0.145 e. The number of nitriles is 1. The molecule has 16 heavy (non-hydrogen) atoms. The van der Waals surface area contributed by atoms with Crippen molar-refractivity contribution in [1.29, 1.82) is 5.26 Å². The standard InChI is InChI=1S/C12H15N3O/c13-7-12-10(3-1-6-15-12)8-16-9-11-4-2-5-14-11/h1,3,6,11,14H,2,4-5,8-9H2. The van der Waals surface area contributed by atoms with Gasteiger partial charge in [0.05, 0.1) is 13.2 Å². The SMILES string of the molecule is N#Cc1ncccc1COCC1CCCN1. The lowest BCUT2D eigenvalue weighted by molar-refractivity contribution is 0.103. The van der Waals surface area contributed by atoms with E-state index < -0.39 is 0 Å². The molecular weight excluding hydrogens is 202 g/mol. The van der Waals surface area contributed by atoms with Crippen molar-refractivity contribution in [2.45, 2.75) is 25.5 Å². The van der Waals surface area contributed by atoms with E-state index in [4.69, 9.17) is 10.00 Å². The van der Waals surface area contributed by atoms with Gasteiger partial charge in [0.25, 0.3) is 0 Å². The van der Waals surface area contributed by atoms with Crippen LogP contribution in [0.5, 0.6) is 0 Å². The second-order valence-corrected chi connectivity index (χ2v) is 3.93. The number of nitrogens with zero attached hydrogens (tertiary/aromatic N) is 2. The van der Waals surface area contributed by atoms with Crippen molar-refractivity contribution in [1.82, 2.24) is 10.3 Å². The Balaban J connectivity index is 1.82. The molecule has 0 aliphatic carbocycles. The minimum Gasteiger partial charge on any atom is -0.375 e. The second-order valence-electron chi connectivity index (χ2n) is 3.93. The van der Waals surface area contributed by atoms with Gasteiger partial charge in [-0.2, -0.15) is 5.26 Å². The van der Waals surface area contributed by atoms with Gasteiger partial charge in [0.15, 0.2) is 0 Å². The zero-order valence-electron chi connectivity index (χ0n) is 9.15. The number of pyridine rings is 1. The fourth-order valence-corrected chi connectivity index (χ4v) is 1.87. The maximum Gasteiger partial charge on any atom is 0.145 e. The predicted molar refractivity (Wildman–Crippen MR) is 59.6 cm³/mol. The highest BCUT2D eigenvalue weighted by atomic mass is 16.5. The number of hydrogen-bond donors (Lipinski definition) is 1. The van der Waals surface area contributed by atoms with Crippen molar-refractivity contribution in [2.75, 3.05) is 13.2 Å². The molecule has 0 bridgehead atoms. The summed E-state index contributed by atoms with van der Waals surface area (Å²) in [6.45, 7) is 2.26. The van der Waals surface area contributed by atoms with Crippen LogP contribution in [0.1, 0.15) is 24.1 Å². The van der Waals surface area contributed by atoms with Crippen LogP contribution in [0.3, 0.4) is 0 Å². The molecule has 4 nitrogen and oxygen atoms in total. The second kappa shape index (κ2) is 5.59. The van der Waals surface area contributed by atoms with Crippen LogP contribution in [0.25, 0.3) is 0 Å². The molecule has 0 saturated carbocycles. The number of rotatable bonds is 4. The molecule has 84 valence electrons. The van der Waals surface area contributed by atoms with Crippen LogP contribution in [0, 0.1) is 11.3 Å². The van der Waals surface area contributed by atoms with E-state index in [1.54, 1.807) is 6.20 Å². The van der Waals surface area contributed by atoms with Gasteiger partial charge in [0.2, 0.25) is 0 Å². The summed E-state index contributed by atoms with van der Waals surface area (Å²) in [4.78, 5) is 3.99. The van der Waals surface area contributed by atoms with Gasteiger partial charge in [-0.05, 0) is 25.5 Å². The van der Waals surface area contributed by atoms with E-state index in [2.05, 4.69) is 16.4 Å². The Kier molecular flexibility index (Phi) is 3.86. The van der Waals surface area contributed by atoms with Gasteiger partial charge >= 0.3 is 0 Å². The predicted octanol–water partition coefficient (Wildman–Crippen LogP) is 1.22. The summed E-state index contributed by atoms with van der Waals surface area (Å²) >= 11 is 0. The zero-order chi connectivity index (χ0) is 11.2. The molecule has 1 atom stereocenters. The summed E-state index contributed by atoms with van der Waals surface area (Å²) in [6, 6.07) is 6.25. The van der Waals surface area contributed by atoms with Crippen molar-refractivity contribution in [3.05, 3.63) is 29.6 Å². The molecule has 1 unspecified atom stereocenters. The lowest BCUT2D eigenvalue weighted by Crippen LogP contribution is -2.26. The Morgan fingerprint density at radius 1 is 1.62 bits per heavy atom. The van der Waals surface area contributed by atoms with Gasteiger partial charge in [-0.3, -0.25) is 0 Å². The van der Waals surface area contributed by atoms with E-state index in [0.29, 0.717) is 24.9 Å². The van der Waals surface area contributed by atoms with Gasteiger partial charge in [-0.25, -0.2) is 4.98 Å². The van der Waals surface area contributed by atoms with Crippen LogP contribution >= 0.6 is 0 Å². The van der Waals surface area contributed by atoms with Gasteiger partial charge in [0, 0.05) is 17.8 Å². The first-order chi connectivity index (χ1) is 7.90. The molecule has 0 amide bonds. The number of ether oxygens (including phenoxy) is 1. The first kappa shape index (κ1) is 11.1. The molecule has 2 heterocycles. The normalized spacial score (nSPS) is 19.6. The molecule has 0 spiro atoms. The Morgan fingerprint density at radius 2 is 2.56 bits per heavy atom. The van der Waals surface area contributed by atoms with Gasteiger partial charge in [-0.1, -0.05) is 6.07 Å². The molecule has 1 saturated heterocycles. The third kappa shape index (κ3) is 2.78. The van der Waals surface area contributed by atoms with Crippen LogP contribution in [0.15, 0.2) is 18.3 Å². The topological polar surface area (TPSA) is 57.9 Å². The summed E-state index contributed by atoms with van der Waals surface area (Å²) < 4.78 is 5.59. The minimum atomic E-state index is 0.460. The molecule has 1 aliphatic rings. The molecule has 1 aliphatic heterocycles. The highest BCUT2D eigenvalue weighted by Crippen LogP contribution is 2.09. The van der Waals surface area contributed by atoms with Crippen molar-refractivity contribution in [3.63, 3.8) is 0 Å². The molecule has 2 rings (SSSR count). The molecule has 0 radical (unpaired) electrons.